The summed E-state index contributed by atoms with van der Waals surface area (Å²) in [7, 11) is 3.39. The highest BCUT2D eigenvalue weighted by Gasteiger charge is 2.23. The Balaban J connectivity index is 2.97. The quantitative estimate of drug-likeness (QED) is 0.711. The van der Waals surface area contributed by atoms with Crippen molar-refractivity contribution in [3.8, 4) is 0 Å². The Morgan fingerprint density at radius 1 is 1.20 bits per heavy atom. The van der Waals surface area contributed by atoms with Gasteiger partial charge in [-0.2, -0.15) is 0 Å². The van der Waals surface area contributed by atoms with E-state index in [-0.39, 0.29) is 0 Å². The lowest BCUT2D eigenvalue weighted by molar-refractivity contribution is 0.217. The van der Waals surface area contributed by atoms with Crippen molar-refractivity contribution < 1.29 is 9.47 Å². The standard InChI is InChI=1S/C13H22O2/c1-9(2)11-8-13(15-5)12(14-4)7-6-10(11)3/h7-11H,6H2,1-5H3. The van der Waals surface area contributed by atoms with Crippen LogP contribution in [0.1, 0.15) is 27.2 Å². The summed E-state index contributed by atoms with van der Waals surface area (Å²) in [6.45, 7) is 6.79. The van der Waals surface area contributed by atoms with Crippen LogP contribution in [0.25, 0.3) is 0 Å². The van der Waals surface area contributed by atoms with E-state index in [1.165, 1.54) is 0 Å². The van der Waals surface area contributed by atoms with Crippen LogP contribution in [0, 0.1) is 17.8 Å². The fraction of sp³-hybridized carbons (Fsp3) is 0.692. The highest BCUT2D eigenvalue weighted by Crippen LogP contribution is 2.32. The number of rotatable bonds is 3. The molecule has 15 heavy (non-hydrogen) atoms. The van der Waals surface area contributed by atoms with E-state index in [0.29, 0.717) is 17.8 Å². The van der Waals surface area contributed by atoms with Crippen LogP contribution in [-0.4, -0.2) is 14.2 Å². The average molecular weight is 210 g/mol. The largest absolute Gasteiger partial charge is 0.493 e. The Morgan fingerprint density at radius 3 is 2.27 bits per heavy atom. The SMILES string of the molecule is COC1=CCC(C)C(C(C)C)C=C1OC. The van der Waals surface area contributed by atoms with Gasteiger partial charge in [-0.3, -0.25) is 0 Å². The second kappa shape index (κ2) is 5.24. The van der Waals surface area contributed by atoms with Crippen LogP contribution in [0.2, 0.25) is 0 Å². The molecule has 0 bridgehead atoms. The lowest BCUT2D eigenvalue weighted by Gasteiger charge is -2.22. The van der Waals surface area contributed by atoms with Gasteiger partial charge in [0.2, 0.25) is 0 Å². The second-order valence-corrected chi connectivity index (χ2v) is 4.54. The van der Waals surface area contributed by atoms with Crippen LogP contribution in [0.5, 0.6) is 0 Å². The monoisotopic (exact) mass is 210 g/mol. The van der Waals surface area contributed by atoms with Gasteiger partial charge in [-0.05, 0) is 36.3 Å². The molecule has 0 saturated heterocycles. The highest BCUT2D eigenvalue weighted by molar-refractivity contribution is 5.23. The predicted molar refractivity (Wildman–Crippen MR) is 62.3 cm³/mol. The summed E-state index contributed by atoms with van der Waals surface area (Å²) in [4.78, 5) is 0. The third-order valence-electron chi connectivity index (χ3n) is 3.13. The number of hydrogen-bond donors (Lipinski definition) is 0. The molecule has 2 atom stereocenters. The molecule has 0 aromatic rings. The molecule has 0 fully saturated rings. The molecule has 0 spiro atoms. The third kappa shape index (κ3) is 2.77. The Morgan fingerprint density at radius 2 is 1.80 bits per heavy atom. The summed E-state index contributed by atoms with van der Waals surface area (Å²) in [5.41, 5.74) is 0. The van der Waals surface area contributed by atoms with Crippen LogP contribution in [0.4, 0.5) is 0 Å². The molecule has 1 rings (SSSR count). The molecular formula is C13H22O2. The normalized spacial score (nSPS) is 26.8. The fourth-order valence-corrected chi connectivity index (χ4v) is 2.17. The van der Waals surface area contributed by atoms with Gasteiger partial charge in [0.1, 0.15) is 0 Å². The zero-order valence-electron chi connectivity index (χ0n) is 10.4. The molecule has 2 unspecified atom stereocenters. The zero-order chi connectivity index (χ0) is 11.4. The van der Waals surface area contributed by atoms with Gasteiger partial charge in [0, 0.05) is 0 Å². The van der Waals surface area contributed by atoms with Crippen LogP contribution in [0.15, 0.2) is 23.7 Å². The summed E-state index contributed by atoms with van der Waals surface area (Å²) >= 11 is 0. The van der Waals surface area contributed by atoms with E-state index in [9.17, 15) is 0 Å². The van der Waals surface area contributed by atoms with Crippen molar-refractivity contribution in [2.45, 2.75) is 27.2 Å². The van der Waals surface area contributed by atoms with Crippen LogP contribution in [0.3, 0.4) is 0 Å². The molecule has 0 saturated carbocycles. The van der Waals surface area contributed by atoms with Gasteiger partial charge in [0.15, 0.2) is 11.5 Å². The first-order valence-corrected chi connectivity index (χ1v) is 5.60. The zero-order valence-corrected chi connectivity index (χ0v) is 10.4. The Hall–Kier alpha value is -0.920. The number of hydrogen-bond acceptors (Lipinski definition) is 2. The van der Waals surface area contributed by atoms with Crippen molar-refractivity contribution in [1.29, 1.82) is 0 Å². The van der Waals surface area contributed by atoms with E-state index in [1.54, 1.807) is 14.2 Å². The Labute approximate surface area is 93.0 Å². The minimum Gasteiger partial charge on any atom is -0.493 e. The topological polar surface area (TPSA) is 18.5 Å². The number of ether oxygens (including phenoxy) is 2. The Kier molecular flexibility index (Phi) is 4.25. The first kappa shape index (κ1) is 12.2. The molecule has 0 N–H and O–H groups in total. The summed E-state index contributed by atoms with van der Waals surface area (Å²) in [6.07, 6.45) is 5.38. The average Bonchev–Trinajstić information content (AvgIpc) is 2.37. The smallest absolute Gasteiger partial charge is 0.156 e. The molecule has 1 aliphatic carbocycles. The van der Waals surface area contributed by atoms with Crippen molar-refractivity contribution in [2.75, 3.05) is 14.2 Å². The van der Waals surface area contributed by atoms with Crippen LogP contribution < -0.4 is 0 Å². The van der Waals surface area contributed by atoms with E-state index in [4.69, 9.17) is 9.47 Å². The van der Waals surface area contributed by atoms with Gasteiger partial charge in [-0.1, -0.05) is 20.8 Å². The fourth-order valence-electron chi connectivity index (χ4n) is 2.17. The van der Waals surface area contributed by atoms with Crippen molar-refractivity contribution in [2.24, 2.45) is 17.8 Å². The third-order valence-corrected chi connectivity index (χ3v) is 3.13. The van der Waals surface area contributed by atoms with Crippen LogP contribution in [-0.2, 0) is 9.47 Å². The molecule has 86 valence electrons. The summed E-state index contributed by atoms with van der Waals surface area (Å²) in [5.74, 6) is 3.58. The van der Waals surface area contributed by atoms with E-state index in [1.807, 2.05) is 0 Å². The van der Waals surface area contributed by atoms with Crippen molar-refractivity contribution in [3.63, 3.8) is 0 Å². The molecule has 0 aromatic heterocycles. The first-order chi connectivity index (χ1) is 7.10. The number of methoxy groups -OCH3 is 2. The van der Waals surface area contributed by atoms with E-state index >= 15 is 0 Å². The molecule has 2 nitrogen and oxygen atoms in total. The van der Waals surface area contributed by atoms with Crippen molar-refractivity contribution >= 4 is 0 Å². The van der Waals surface area contributed by atoms with Gasteiger partial charge in [-0.25, -0.2) is 0 Å². The maximum absolute atomic E-state index is 5.37. The Bertz CT molecular complexity index is 264. The lowest BCUT2D eigenvalue weighted by Crippen LogP contribution is -2.15. The predicted octanol–water partition coefficient (Wildman–Crippen LogP) is 3.36. The minimum atomic E-state index is 0.559. The molecular weight excluding hydrogens is 188 g/mol. The maximum Gasteiger partial charge on any atom is 0.156 e. The van der Waals surface area contributed by atoms with E-state index in [0.717, 1.165) is 17.9 Å². The summed E-state index contributed by atoms with van der Waals surface area (Å²) in [5, 5.41) is 0. The maximum atomic E-state index is 5.37. The molecule has 0 aliphatic heterocycles. The first-order valence-electron chi connectivity index (χ1n) is 5.60. The van der Waals surface area contributed by atoms with Crippen LogP contribution >= 0.6 is 0 Å². The number of allylic oxidation sites excluding steroid dienone is 2. The molecule has 0 aromatic carbocycles. The minimum absolute atomic E-state index is 0.559. The van der Waals surface area contributed by atoms with Gasteiger partial charge in [0.05, 0.1) is 14.2 Å². The molecule has 0 radical (unpaired) electrons. The van der Waals surface area contributed by atoms with E-state index < -0.39 is 0 Å². The van der Waals surface area contributed by atoms with Gasteiger partial charge >= 0.3 is 0 Å². The highest BCUT2D eigenvalue weighted by atomic mass is 16.5. The van der Waals surface area contributed by atoms with Gasteiger partial charge in [-0.15, -0.1) is 0 Å². The summed E-state index contributed by atoms with van der Waals surface area (Å²) < 4.78 is 10.7. The van der Waals surface area contributed by atoms with Gasteiger partial charge < -0.3 is 9.47 Å². The van der Waals surface area contributed by atoms with Crippen molar-refractivity contribution in [3.05, 3.63) is 23.7 Å². The molecule has 2 heteroatoms. The second-order valence-electron chi connectivity index (χ2n) is 4.54. The lowest BCUT2D eigenvalue weighted by atomic mass is 9.83. The molecule has 0 heterocycles. The van der Waals surface area contributed by atoms with Gasteiger partial charge in [0.25, 0.3) is 0 Å². The van der Waals surface area contributed by atoms with E-state index in [2.05, 4.69) is 32.9 Å². The molecule has 1 aliphatic rings. The van der Waals surface area contributed by atoms with Crippen molar-refractivity contribution in [1.82, 2.24) is 0 Å². The molecule has 0 amide bonds. The summed E-state index contributed by atoms with van der Waals surface area (Å²) in [6, 6.07) is 0.